The van der Waals surface area contributed by atoms with Crippen LogP contribution in [0.15, 0.2) is 115 Å². The highest BCUT2D eigenvalue weighted by atomic mass is 127. The van der Waals surface area contributed by atoms with E-state index in [-0.39, 0.29) is 24.0 Å². The molecule has 0 N–H and O–H groups in total. The van der Waals surface area contributed by atoms with E-state index in [4.69, 9.17) is 0 Å². The number of rotatable bonds is 8. The Morgan fingerprint density at radius 1 is 0.583 bits per heavy atom. The van der Waals surface area contributed by atoms with Crippen molar-refractivity contribution in [2.75, 3.05) is 0 Å². The molecule has 0 spiro atoms. The second kappa shape index (κ2) is 13.0. The Hall–Kier alpha value is -1.96. The Balaban J connectivity index is 0.00000304. The van der Waals surface area contributed by atoms with Crippen LogP contribution in [0.5, 0.6) is 0 Å². The summed E-state index contributed by atoms with van der Waals surface area (Å²) in [4.78, 5) is 0. The smallest absolute Gasteiger partial charge is 0.116 e. The average molecular weight is 605 g/mol. The third kappa shape index (κ3) is 5.95. The van der Waals surface area contributed by atoms with E-state index in [1.807, 2.05) is 0 Å². The van der Waals surface area contributed by atoms with Crippen LogP contribution in [-0.4, -0.2) is 0 Å². The molecule has 0 radical (unpaired) electrons. The van der Waals surface area contributed by atoms with Crippen LogP contribution in [0.4, 0.5) is 0 Å². The quantitative estimate of drug-likeness (QED) is 0.190. The molecule has 0 unspecified atom stereocenters. The molecule has 36 heavy (non-hydrogen) atoms. The van der Waals surface area contributed by atoms with E-state index in [0.717, 1.165) is 18.0 Å². The molecule has 5 rings (SSSR count). The molecule has 0 bridgehead atoms. The summed E-state index contributed by atoms with van der Waals surface area (Å²) in [6.07, 6.45) is 9.33. The zero-order chi connectivity index (χ0) is 23.9. The Labute approximate surface area is 235 Å². The average Bonchev–Trinajstić information content (AvgIpc) is 2.94. The van der Waals surface area contributed by atoms with Crippen LogP contribution in [0.3, 0.4) is 0 Å². The van der Waals surface area contributed by atoms with Gasteiger partial charge in [0.2, 0.25) is 0 Å². The van der Waals surface area contributed by atoms with Crippen molar-refractivity contribution in [3.8, 4) is 0 Å². The summed E-state index contributed by atoms with van der Waals surface area (Å²) < 4.78 is 0. The van der Waals surface area contributed by atoms with Crippen molar-refractivity contribution < 1.29 is 24.0 Å². The third-order valence-electron chi connectivity index (χ3n) is 8.01. The maximum Gasteiger partial charge on any atom is 0.116 e. The van der Waals surface area contributed by atoms with Crippen molar-refractivity contribution in [3.63, 3.8) is 0 Å². The molecule has 1 aliphatic carbocycles. The van der Waals surface area contributed by atoms with E-state index in [0.29, 0.717) is 0 Å². The van der Waals surface area contributed by atoms with E-state index >= 15 is 0 Å². The monoisotopic (exact) mass is 604 g/mol. The van der Waals surface area contributed by atoms with Crippen LogP contribution < -0.4 is 39.9 Å². The molecular formula is C34H38IP. The fourth-order valence-electron chi connectivity index (χ4n) is 6.13. The highest BCUT2D eigenvalue weighted by molar-refractivity contribution is 7.95. The topological polar surface area (TPSA) is 0 Å². The normalized spacial score (nSPS) is 17.8. The van der Waals surface area contributed by atoms with Crippen LogP contribution in [0.25, 0.3) is 0 Å². The Bertz CT molecular complexity index is 1070. The number of halogens is 1. The summed E-state index contributed by atoms with van der Waals surface area (Å²) in [5.41, 5.74) is 2.99. The van der Waals surface area contributed by atoms with E-state index in [1.54, 1.807) is 5.56 Å². The SMILES string of the molecule is CCCC1CCC(c2ccc(C[P+](c3ccccc3)(c3ccccc3)c3ccccc3)cc2)CC1.[I-]. The van der Waals surface area contributed by atoms with Crippen molar-refractivity contribution in [2.24, 2.45) is 5.92 Å². The molecule has 1 saturated carbocycles. The van der Waals surface area contributed by atoms with Gasteiger partial charge in [-0.25, -0.2) is 0 Å². The summed E-state index contributed by atoms with van der Waals surface area (Å²) in [7, 11) is -1.84. The van der Waals surface area contributed by atoms with Gasteiger partial charge in [0.1, 0.15) is 23.2 Å². The molecule has 0 aliphatic heterocycles. The van der Waals surface area contributed by atoms with E-state index < -0.39 is 7.26 Å². The summed E-state index contributed by atoms with van der Waals surface area (Å²) in [6.45, 7) is 2.33. The molecular weight excluding hydrogens is 566 g/mol. The highest BCUT2D eigenvalue weighted by Gasteiger charge is 2.45. The Morgan fingerprint density at radius 2 is 1.03 bits per heavy atom. The van der Waals surface area contributed by atoms with Crippen molar-refractivity contribution >= 4 is 23.2 Å². The molecule has 1 aliphatic rings. The van der Waals surface area contributed by atoms with Gasteiger partial charge in [-0.15, -0.1) is 0 Å². The Kier molecular flexibility index (Phi) is 9.80. The van der Waals surface area contributed by atoms with Gasteiger partial charge in [-0.05, 0) is 85.0 Å². The third-order valence-corrected chi connectivity index (χ3v) is 12.4. The molecule has 0 saturated heterocycles. The van der Waals surface area contributed by atoms with E-state index in [9.17, 15) is 0 Å². The molecule has 0 atom stereocenters. The van der Waals surface area contributed by atoms with Gasteiger partial charge in [0.05, 0.1) is 6.16 Å². The van der Waals surface area contributed by atoms with Gasteiger partial charge in [0, 0.05) is 0 Å². The van der Waals surface area contributed by atoms with Gasteiger partial charge in [0.25, 0.3) is 0 Å². The van der Waals surface area contributed by atoms with Crippen LogP contribution in [0.1, 0.15) is 62.5 Å². The summed E-state index contributed by atoms with van der Waals surface area (Å²) in [5, 5.41) is 4.36. The first-order chi connectivity index (χ1) is 17.3. The van der Waals surface area contributed by atoms with Gasteiger partial charge in [-0.3, -0.25) is 0 Å². The molecule has 186 valence electrons. The molecule has 0 heterocycles. The maximum atomic E-state index is 2.44. The fraction of sp³-hybridized carbons (Fsp3) is 0.294. The lowest BCUT2D eigenvalue weighted by Gasteiger charge is -2.29. The first-order valence-electron chi connectivity index (χ1n) is 13.4. The Morgan fingerprint density at radius 3 is 1.44 bits per heavy atom. The minimum atomic E-state index is -1.84. The van der Waals surface area contributed by atoms with Gasteiger partial charge < -0.3 is 24.0 Å². The van der Waals surface area contributed by atoms with Crippen molar-refractivity contribution in [2.45, 2.75) is 57.5 Å². The van der Waals surface area contributed by atoms with Crippen LogP contribution >= 0.6 is 7.26 Å². The van der Waals surface area contributed by atoms with Gasteiger partial charge in [-0.2, -0.15) is 0 Å². The van der Waals surface area contributed by atoms with Gasteiger partial charge in [-0.1, -0.05) is 98.6 Å². The summed E-state index contributed by atoms with van der Waals surface area (Å²) >= 11 is 0. The van der Waals surface area contributed by atoms with Crippen molar-refractivity contribution in [1.82, 2.24) is 0 Å². The standard InChI is InChI=1S/C34H38P.HI/c1-2-12-28-19-23-30(24-20-28)31-25-21-29(22-26-31)27-35(32-13-6-3-7-14-32,33-15-8-4-9-16-33)34-17-10-5-11-18-34;/h3-11,13-18,21-22,25-26,28,30H,2,12,19-20,23-24,27H2,1H3;1H/q+1;/p-1. The molecule has 0 aromatic heterocycles. The molecule has 4 aromatic rings. The molecule has 0 amide bonds. The van der Waals surface area contributed by atoms with Crippen LogP contribution in [-0.2, 0) is 6.16 Å². The zero-order valence-corrected chi connectivity index (χ0v) is 24.5. The lowest BCUT2D eigenvalue weighted by atomic mass is 9.77. The van der Waals surface area contributed by atoms with Crippen LogP contribution in [0, 0.1) is 5.92 Å². The second-order valence-electron chi connectivity index (χ2n) is 10.2. The molecule has 0 nitrogen and oxygen atoms in total. The summed E-state index contributed by atoms with van der Waals surface area (Å²) in [6, 6.07) is 43.4. The lowest BCUT2D eigenvalue weighted by Crippen LogP contribution is -3.00. The largest absolute Gasteiger partial charge is 1.00 e. The van der Waals surface area contributed by atoms with Crippen molar-refractivity contribution in [1.29, 1.82) is 0 Å². The molecule has 1 fully saturated rings. The molecule has 4 aromatic carbocycles. The zero-order valence-electron chi connectivity index (χ0n) is 21.4. The van der Waals surface area contributed by atoms with Gasteiger partial charge >= 0.3 is 0 Å². The minimum Gasteiger partial charge on any atom is -1.00 e. The van der Waals surface area contributed by atoms with Crippen molar-refractivity contribution in [3.05, 3.63) is 126 Å². The number of hydrogen-bond acceptors (Lipinski definition) is 0. The lowest BCUT2D eigenvalue weighted by molar-refractivity contribution is -0.00000700. The highest BCUT2D eigenvalue weighted by Crippen LogP contribution is 2.58. The first-order valence-corrected chi connectivity index (χ1v) is 15.4. The number of benzene rings is 4. The second-order valence-corrected chi connectivity index (χ2v) is 13.7. The van der Waals surface area contributed by atoms with Crippen LogP contribution in [0.2, 0.25) is 0 Å². The fourth-order valence-corrected chi connectivity index (χ4v) is 10.4. The minimum absolute atomic E-state index is 0. The maximum absolute atomic E-state index is 2.44. The predicted molar refractivity (Wildman–Crippen MR) is 155 cm³/mol. The molecule has 2 heteroatoms. The van der Waals surface area contributed by atoms with Gasteiger partial charge in [0.15, 0.2) is 0 Å². The van der Waals surface area contributed by atoms with E-state index in [2.05, 4.69) is 122 Å². The summed E-state index contributed by atoms with van der Waals surface area (Å²) in [5.74, 6) is 1.71. The predicted octanol–water partition coefficient (Wildman–Crippen LogP) is 5.26. The first kappa shape index (κ1) is 27.1. The number of hydrogen-bond donors (Lipinski definition) is 0. The van der Waals surface area contributed by atoms with E-state index in [1.165, 1.54) is 60.0 Å².